The van der Waals surface area contributed by atoms with Gasteiger partial charge in [-0.1, -0.05) is 18.2 Å². The van der Waals surface area contributed by atoms with E-state index in [-0.39, 0.29) is 17.7 Å². The molecule has 1 amide bonds. The molecule has 2 fully saturated rings. The molecule has 0 spiro atoms. The van der Waals surface area contributed by atoms with E-state index in [1.54, 1.807) is 12.1 Å². The fraction of sp³-hybridized carbons (Fsp3) is 0.533. The maximum Gasteiger partial charge on any atom is 0.573 e. The topological polar surface area (TPSA) is 44.8 Å². The van der Waals surface area contributed by atoms with Crippen LogP contribution >= 0.6 is 0 Å². The van der Waals surface area contributed by atoms with E-state index in [1.807, 2.05) is 4.90 Å². The molecule has 2 aliphatic rings. The summed E-state index contributed by atoms with van der Waals surface area (Å²) in [6, 6.07) is 5.90. The van der Waals surface area contributed by atoms with Gasteiger partial charge in [-0.25, -0.2) is 0 Å². The van der Waals surface area contributed by atoms with Gasteiger partial charge in [0.05, 0.1) is 0 Å². The van der Waals surface area contributed by atoms with Gasteiger partial charge in [-0.15, -0.1) is 13.2 Å². The molecule has 0 aromatic heterocycles. The number of rotatable bonds is 3. The van der Waals surface area contributed by atoms with Gasteiger partial charge in [0.1, 0.15) is 11.8 Å². The van der Waals surface area contributed by atoms with E-state index < -0.39 is 6.36 Å². The van der Waals surface area contributed by atoms with Gasteiger partial charge >= 0.3 is 6.36 Å². The summed E-state index contributed by atoms with van der Waals surface area (Å²) < 4.78 is 41.5. The van der Waals surface area contributed by atoms with E-state index >= 15 is 0 Å². The summed E-state index contributed by atoms with van der Waals surface area (Å²) in [6.45, 7) is 3.75. The molecule has 3 rings (SSSR count). The number of amides is 1. The number of ether oxygens (including phenoxy) is 1. The fourth-order valence-electron chi connectivity index (χ4n) is 3.08. The van der Waals surface area contributed by atoms with Crippen molar-refractivity contribution in [2.75, 3.05) is 32.7 Å². The molecule has 23 heavy (non-hydrogen) atoms. The normalized spacial score (nSPS) is 23.3. The number of nitrogens with one attached hydrogen (secondary N) is 1. The van der Waals surface area contributed by atoms with Crippen LogP contribution in [-0.2, 0) is 11.3 Å². The number of para-hydroxylation sites is 1. The number of fused-ring (bicyclic) bond motifs is 1. The van der Waals surface area contributed by atoms with Gasteiger partial charge in [0, 0.05) is 44.8 Å². The average molecular weight is 329 g/mol. The van der Waals surface area contributed by atoms with Crippen molar-refractivity contribution in [2.45, 2.75) is 18.9 Å². The lowest BCUT2D eigenvalue weighted by atomic mass is 10.1. The van der Waals surface area contributed by atoms with Crippen molar-refractivity contribution in [1.82, 2.24) is 15.1 Å². The van der Waals surface area contributed by atoms with Gasteiger partial charge in [-0.2, -0.15) is 0 Å². The zero-order valence-electron chi connectivity index (χ0n) is 12.5. The highest BCUT2D eigenvalue weighted by Crippen LogP contribution is 2.27. The molecule has 2 heterocycles. The van der Waals surface area contributed by atoms with E-state index in [1.165, 1.54) is 12.1 Å². The van der Waals surface area contributed by atoms with E-state index in [9.17, 15) is 18.0 Å². The molecule has 0 bridgehead atoms. The number of hydrogen-bond donors (Lipinski definition) is 1. The maximum absolute atomic E-state index is 12.5. The molecule has 1 N–H and O–H groups in total. The highest BCUT2D eigenvalue weighted by molar-refractivity contribution is 5.82. The number of carbonyl (C=O) groups excluding carboxylic acids is 1. The van der Waals surface area contributed by atoms with Gasteiger partial charge in [0.15, 0.2) is 0 Å². The predicted octanol–water partition coefficient (Wildman–Crippen LogP) is 1.20. The van der Waals surface area contributed by atoms with Crippen LogP contribution in [0.25, 0.3) is 0 Å². The van der Waals surface area contributed by atoms with Crippen LogP contribution in [0.3, 0.4) is 0 Å². The van der Waals surface area contributed by atoms with Crippen molar-refractivity contribution in [2.24, 2.45) is 0 Å². The van der Waals surface area contributed by atoms with Gasteiger partial charge < -0.3 is 10.1 Å². The van der Waals surface area contributed by atoms with E-state index in [0.717, 1.165) is 13.1 Å². The molecule has 2 aliphatic heterocycles. The Morgan fingerprint density at radius 2 is 2.00 bits per heavy atom. The first-order chi connectivity index (χ1) is 10.9. The largest absolute Gasteiger partial charge is 0.573 e. The lowest BCUT2D eigenvalue weighted by Crippen LogP contribution is -2.63. The fourth-order valence-corrected chi connectivity index (χ4v) is 3.08. The van der Waals surface area contributed by atoms with Gasteiger partial charge in [0.25, 0.3) is 0 Å². The summed E-state index contributed by atoms with van der Waals surface area (Å²) in [5.74, 6) is -0.198. The van der Waals surface area contributed by atoms with Crippen molar-refractivity contribution in [3.8, 4) is 5.75 Å². The smallest absolute Gasteiger partial charge is 0.405 e. The summed E-state index contributed by atoms with van der Waals surface area (Å²) in [5.41, 5.74) is 0.467. The Labute approximate surface area is 132 Å². The van der Waals surface area contributed by atoms with Gasteiger partial charge in [0.2, 0.25) is 5.91 Å². The number of carbonyl (C=O) groups is 1. The Bertz CT molecular complexity index is 579. The Morgan fingerprint density at radius 3 is 2.78 bits per heavy atom. The number of piperazine rings is 2. The summed E-state index contributed by atoms with van der Waals surface area (Å²) in [7, 11) is 0. The van der Waals surface area contributed by atoms with E-state index in [4.69, 9.17) is 0 Å². The number of halogens is 3. The average Bonchev–Trinajstić information content (AvgIpc) is 2.49. The molecular weight excluding hydrogens is 311 g/mol. The monoisotopic (exact) mass is 329 g/mol. The van der Waals surface area contributed by atoms with Crippen LogP contribution in [-0.4, -0.2) is 60.8 Å². The van der Waals surface area contributed by atoms with E-state index in [2.05, 4.69) is 15.0 Å². The molecule has 2 saturated heterocycles. The van der Waals surface area contributed by atoms with Gasteiger partial charge in [-0.3, -0.25) is 14.6 Å². The lowest BCUT2D eigenvalue weighted by Gasteiger charge is -2.43. The second-order valence-electron chi connectivity index (χ2n) is 5.73. The molecule has 1 aromatic rings. The van der Waals surface area contributed by atoms with Crippen LogP contribution in [0.15, 0.2) is 24.3 Å². The molecule has 1 aromatic carbocycles. The van der Waals surface area contributed by atoms with Gasteiger partial charge in [-0.05, 0) is 6.07 Å². The second-order valence-corrected chi connectivity index (χ2v) is 5.73. The van der Waals surface area contributed by atoms with E-state index in [0.29, 0.717) is 31.7 Å². The minimum atomic E-state index is -4.71. The van der Waals surface area contributed by atoms with Crippen molar-refractivity contribution in [1.29, 1.82) is 0 Å². The Morgan fingerprint density at radius 1 is 1.22 bits per heavy atom. The summed E-state index contributed by atoms with van der Waals surface area (Å²) in [4.78, 5) is 16.0. The molecule has 0 saturated carbocycles. The zero-order chi connectivity index (χ0) is 16.4. The Kier molecular flexibility index (Phi) is 4.45. The number of benzene rings is 1. The lowest BCUT2D eigenvalue weighted by molar-refractivity contribution is -0.275. The third-order valence-electron chi connectivity index (χ3n) is 4.17. The van der Waals surface area contributed by atoms with Crippen LogP contribution in [0.5, 0.6) is 5.75 Å². The first-order valence-corrected chi connectivity index (χ1v) is 7.50. The third kappa shape index (κ3) is 3.94. The first kappa shape index (κ1) is 16.1. The van der Waals surface area contributed by atoms with Crippen molar-refractivity contribution in [3.05, 3.63) is 29.8 Å². The minimum absolute atomic E-state index is 0.0132. The van der Waals surface area contributed by atoms with Crippen LogP contribution in [0.4, 0.5) is 13.2 Å². The Hall–Kier alpha value is -1.80. The van der Waals surface area contributed by atoms with Crippen LogP contribution in [0.2, 0.25) is 0 Å². The Balaban J connectivity index is 1.69. The maximum atomic E-state index is 12.5. The minimum Gasteiger partial charge on any atom is -0.405 e. The molecule has 1 atom stereocenters. The molecule has 0 radical (unpaired) electrons. The summed E-state index contributed by atoms with van der Waals surface area (Å²) >= 11 is 0. The highest BCUT2D eigenvalue weighted by Gasteiger charge is 2.35. The molecule has 0 aliphatic carbocycles. The summed E-state index contributed by atoms with van der Waals surface area (Å²) in [5, 5.41) is 2.83. The number of hydrogen-bond acceptors (Lipinski definition) is 4. The standard InChI is InChI=1S/C15H18F3N3O2/c16-15(17,18)23-13-4-2-1-3-11(13)9-20-7-8-21-6-5-19-14(22)12(21)10-20/h1-4,12H,5-10H2,(H,19,22)/t12-/m1/s1. The number of alkyl halides is 3. The van der Waals surface area contributed by atoms with Crippen molar-refractivity contribution < 1.29 is 22.7 Å². The third-order valence-corrected chi connectivity index (χ3v) is 4.17. The molecular formula is C15H18F3N3O2. The SMILES string of the molecule is O=C1NCCN2CCN(Cc3ccccc3OC(F)(F)F)C[C@H]12. The molecule has 5 nitrogen and oxygen atoms in total. The molecule has 8 heteroatoms. The highest BCUT2D eigenvalue weighted by atomic mass is 19.4. The number of nitrogens with zero attached hydrogens (tertiary/aromatic N) is 2. The first-order valence-electron chi connectivity index (χ1n) is 7.50. The quantitative estimate of drug-likeness (QED) is 0.905. The molecule has 126 valence electrons. The van der Waals surface area contributed by atoms with Crippen LogP contribution in [0, 0.1) is 0 Å². The summed E-state index contributed by atoms with van der Waals surface area (Å²) in [6.07, 6.45) is -4.71. The van der Waals surface area contributed by atoms with Crippen molar-refractivity contribution >= 4 is 5.91 Å². The van der Waals surface area contributed by atoms with Crippen molar-refractivity contribution in [3.63, 3.8) is 0 Å². The predicted molar refractivity (Wildman–Crippen MR) is 76.8 cm³/mol. The molecule has 0 unspecified atom stereocenters. The van der Waals surface area contributed by atoms with Crippen LogP contribution in [0.1, 0.15) is 5.56 Å². The van der Waals surface area contributed by atoms with Crippen LogP contribution < -0.4 is 10.1 Å². The zero-order valence-corrected chi connectivity index (χ0v) is 12.5. The second kappa shape index (κ2) is 6.37.